The molecule has 0 radical (unpaired) electrons. The molecule has 0 aliphatic heterocycles. The maximum Gasteiger partial charge on any atom is 0.306 e. The van der Waals surface area contributed by atoms with Gasteiger partial charge in [0.25, 0.3) is 0 Å². The van der Waals surface area contributed by atoms with Crippen LogP contribution in [0.4, 0.5) is 0 Å². The van der Waals surface area contributed by atoms with Crippen LogP contribution in [-0.2, 0) is 14.9 Å². The van der Waals surface area contributed by atoms with Crippen molar-refractivity contribution in [3.8, 4) is 0 Å². The molecule has 4 heteroatoms. The highest BCUT2D eigenvalue weighted by atomic mass is 79.9. The monoisotopic (exact) mass is 327 g/mol. The molecular formula is C15H22BrNO2. The van der Waals surface area contributed by atoms with Crippen LogP contribution < -0.4 is 5.73 Å². The van der Waals surface area contributed by atoms with E-state index < -0.39 is 11.0 Å². The third-order valence-electron chi connectivity index (χ3n) is 3.89. The molecule has 0 aromatic heterocycles. The largest absolute Gasteiger partial charge is 0.469 e. The smallest absolute Gasteiger partial charge is 0.306 e. The van der Waals surface area contributed by atoms with E-state index in [0.29, 0.717) is 0 Å². The summed E-state index contributed by atoms with van der Waals surface area (Å²) in [6.07, 6.45) is 1.04. The molecule has 2 N–H and O–H groups in total. The second-order valence-corrected chi connectivity index (χ2v) is 6.34. The summed E-state index contributed by atoms with van der Waals surface area (Å²) in [6, 6.07) is 7.98. The van der Waals surface area contributed by atoms with Gasteiger partial charge in [-0.1, -0.05) is 35.0 Å². The van der Waals surface area contributed by atoms with E-state index in [1.165, 1.54) is 7.11 Å². The first-order valence-corrected chi connectivity index (χ1v) is 7.18. The number of carbonyl (C=O) groups is 1. The topological polar surface area (TPSA) is 52.3 Å². The van der Waals surface area contributed by atoms with Crippen molar-refractivity contribution >= 4 is 21.9 Å². The van der Waals surface area contributed by atoms with E-state index in [1.54, 1.807) is 0 Å². The first-order valence-electron chi connectivity index (χ1n) is 6.38. The van der Waals surface area contributed by atoms with Gasteiger partial charge in [-0.2, -0.15) is 0 Å². The first kappa shape index (κ1) is 16.2. The summed E-state index contributed by atoms with van der Waals surface area (Å²) in [4.78, 5) is 11.8. The Hall–Kier alpha value is -0.870. The molecule has 0 amide bonds. The van der Waals surface area contributed by atoms with Gasteiger partial charge in [0.15, 0.2) is 0 Å². The fourth-order valence-electron chi connectivity index (χ4n) is 2.59. The average Bonchev–Trinajstić information content (AvgIpc) is 2.34. The van der Waals surface area contributed by atoms with Crippen LogP contribution in [0.5, 0.6) is 0 Å². The van der Waals surface area contributed by atoms with Crippen LogP contribution in [0.1, 0.15) is 39.2 Å². The van der Waals surface area contributed by atoms with Crippen molar-refractivity contribution in [3.63, 3.8) is 0 Å². The lowest BCUT2D eigenvalue weighted by atomic mass is 9.63. The molecule has 0 bridgehead atoms. The van der Waals surface area contributed by atoms with E-state index in [2.05, 4.69) is 22.9 Å². The molecule has 0 aliphatic rings. The van der Waals surface area contributed by atoms with E-state index in [1.807, 2.05) is 38.1 Å². The zero-order valence-electron chi connectivity index (χ0n) is 12.0. The summed E-state index contributed by atoms with van der Waals surface area (Å²) in [7, 11) is 1.41. The predicted molar refractivity (Wildman–Crippen MR) is 81.0 cm³/mol. The first-order chi connectivity index (χ1) is 8.76. The summed E-state index contributed by atoms with van der Waals surface area (Å²) in [5.41, 5.74) is 6.47. The zero-order chi connectivity index (χ0) is 14.7. The Balaban J connectivity index is 3.36. The van der Waals surface area contributed by atoms with Gasteiger partial charge < -0.3 is 10.5 Å². The molecule has 1 atom stereocenters. The zero-order valence-corrected chi connectivity index (χ0v) is 13.6. The number of hydrogen-bond donors (Lipinski definition) is 1. The van der Waals surface area contributed by atoms with Gasteiger partial charge in [0.1, 0.15) is 0 Å². The van der Waals surface area contributed by atoms with Gasteiger partial charge in [-0.3, -0.25) is 4.79 Å². The van der Waals surface area contributed by atoms with Crippen LogP contribution >= 0.6 is 15.9 Å². The summed E-state index contributed by atoms with van der Waals surface area (Å²) >= 11 is 3.48. The number of carbonyl (C=O) groups excluding carboxylic acids is 1. The van der Waals surface area contributed by atoms with Gasteiger partial charge in [-0.15, -0.1) is 0 Å². The Morgan fingerprint density at radius 2 is 2.05 bits per heavy atom. The van der Waals surface area contributed by atoms with Crippen molar-refractivity contribution in [3.05, 3.63) is 34.3 Å². The lowest BCUT2D eigenvalue weighted by molar-refractivity contribution is -0.143. The molecule has 1 rings (SSSR count). The Labute approximate surface area is 123 Å². The van der Waals surface area contributed by atoms with Gasteiger partial charge in [0.2, 0.25) is 0 Å². The standard InChI is InChI=1S/C15H22BrNO2/c1-5-15(14(2,3)17,10-13(18)19-4)11-7-6-8-12(16)9-11/h6-9H,5,10,17H2,1-4H3. The molecule has 0 aliphatic carbocycles. The van der Waals surface area contributed by atoms with Crippen LogP contribution in [0.15, 0.2) is 28.7 Å². The summed E-state index contributed by atoms with van der Waals surface area (Å²) < 4.78 is 5.83. The van der Waals surface area contributed by atoms with E-state index in [4.69, 9.17) is 10.5 Å². The van der Waals surface area contributed by atoms with E-state index in [9.17, 15) is 4.79 Å². The second kappa shape index (κ2) is 6.06. The number of benzene rings is 1. The number of ether oxygens (including phenoxy) is 1. The minimum Gasteiger partial charge on any atom is -0.469 e. The van der Waals surface area contributed by atoms with Crippen LogP contribution in [-0.4, -0.2) is 18.6 Å². The minimum absolute atomic E-state index is 0.236. The third-order valence-corrected chi connectivity index (χ3v) is 4.38. The van der Waals surface area contributed by atoms with E-state index in [0.717, 1.165) is 16.5 Å². The van der Waals surface area contributed by atoms with Crippen LogP contribution in [0.25, 0.3) is 0 Å². The molecule has 0 spiro atoms. The number of nitrogens with two attached hydrogens (primary N) is 1. The molecule has 1 aromatic carbocycles. The minimum atomic E-state index is -0.531. The molecule has 0 saturated carbocycles. The molecule has 3 nitrogen and oxygen atoms in total. The fourth-order valence-corrected chi connectivity index (χ4v) is 2.99. The molecule has 0 heterocycles. The molecule has 1 aromatic rings. The van der Waals surface area contributed by atoms with Crippen molar-refractivity contribution < 1.29 is 9.53 Å². The van der Waals surface area contributed by atoms with Crippen LogP contribution in [0, 0.1) is 0 Å². The lowest BCUT2D eigenvalue weighted by Gasteiger charge is -2.44. The van der Waals surface area contributed by atoms with Gasteiger partial charge in [0, 0.05) is 15.4 Å². The Morgan fingerprint density at radius 1 is 1.42 bits per heavy atom. The van der Waals surface area contributed by atoms with E-state index >= 15 is 0 Å². The highest BCUT2D eigenvalue weighted by molar-refractivity contribution is 9.10. The third kappa shape index (κ3) is 3.37. The average molecular weight is 328 g/mol. The van der Waals surface area contributed by atoms with E-state index in [-0.39, 0.29) is 12.4 Å². The summed E-state index contributed by atoms with van der Waals surface area (Å²) in [6.45, 7) is 5.97. The van der Waals surface area contributed by atoms with Crippen molar-refractivity contribution in [2.75, 3.05) is 7.11 Å². The lowest BCUT2D eigenvalue weighted by Crippen LogP contribution is -2.54. The van der Waals surface area contributed by atoms with Gasteiger partial charge in [-0.25, -0.2) is 0 Å². The predicted octanol–water partition coefficient (Wildman–Crippen LogP) is 3.40. The van der Waals surface area contributed by atoms with Crippen LogP contribution in [0.2, 0.25) is 0 Å². The van der Waals surface area contributed by atoms with Crippen LogP contribution in [0.3, 0.4) is 0 Å². The van der Waals surface area contributed by atoms with Crippen molar-refractivity contribution in [1.29, 1.82) is 0 Å². The number of methoxy groups -OCH3 is 1. The summed E-state index contributed by atoms with van der Waals surface area (Å²) in [5.74, 6) is -0.236. The maximum absolute atomic E-state index is 11.8. The fraction of sp³-hybridized carbons (Fsp3) is 0.533. The second-order valence-electron chi connectivity index (χ2n) is 5.42. The molecule has 19 heavy (non-hydrogen) atoms. The number of esters is 1. The number of hydrogen-bond acceptors (Lipinski definition) is 3. The number of halogens is 1. The van der Waals surface area contributed by atoms with Gasteiger partial charge in [-0.05, 0) is 38.0 Å². The van der Waals surface area contributed by atoms with Crippen molar-refractivity contribution in [1.82, 2.24) is 0 Å². The summed E-state index contributed by atoms with van der Waals surface area (Å²) in [5, 5.41) is 0. The normalized spacial score (nSPS) is 14.8. The Bertz CT molecular complexity index is 454. The Kier molecular flexibility index (Phi) is 5.16. The van der Waals surface area contributed by atoms with Gasteiger partial charge >= 0.3 is 5.97 Å². The molecule has 0 saturated heterocycles. The maximum atomic E-state index is 11.8. The highest BCUT2D eigenvalue weighted by Gasteiger charge is 2.44. The molecule has 1 unspecified atom stereocenters. The highest BCUT2D eigenvalue weighted by Crippen LogP contribution is 2.41. The van der Waals surface area contributed by atoms with Crippen molar-refractivity contribution in [2.45, 2.75) is 44.6 Å². The number of rotatable bonds is 5. The molecule has 106 valence electrons. The molecule has 0 fully saturated rings. The van der Waals surface area contributed by atoms with Crippen molar-refractivity contribution in [2.24, 2.45) is 5.73 Å². The quantitative estimate of drug-likeness (QED) is 0.843. The molecular weight excluding hydrogens is 306 g/mol. The Morgan fingerprint density at radius 3 is 2.47 bits per heavy atom. The SMILES string of the molecule is CCC(CC(=O)OC)(c1cccc(Br)c1)C(C)(C)N. The van der Waals surface area contributed by atoms with Gasteiger partial charge in [0.05, 0.1) is 13.5 Å².